The van der Waals surface area contributed by atoms with Crippen LogP contribution in [0.4, 0.5) is 0 Å². The molecule has 0 saturated carbocycles. The molecule has 100 valence electrons. The molecule has 1 aliphatic heterocycles. The molecular weight excluding hydrogens is 218 g/mol. The molecule has 1 amide bonds. The molecule has 1 atom stereocenters. The van der Waals surface area contributed by atoms with Crippen LogP contribution in [0.25, 0.3) is 0 Å². The number of nitrogens with two attached hydrogens (primary N) is 1. The highest BCUT2D eigenvalue weighted by Gasteiger charge is 2.17. The SMILES string of the molecule is CC(CN)CN(C)CC(=O)NC1CCOCC1. The van der Waals surface area contributed by atoms with Crippen LogP contribution in [0.5, 0.6) is 0 Å². The first-order valence-electron chi connectivity index (χ1n) is 6.37. The van der Waals surface area contributed by atoms with Gasteiger partial charge in [0.2, 0.25) is 5.91 Å². The van der Waals surface area contributed by atoms with Crippen molar-refractivity contribution in [1.82, 2.24) is 10.2 Å². The van der Waals surface area contributed by atoms with E-state index < -0.39 is 0 Å². The summed E-state index contributed by atoms with van der Waals surface area (Å²) in [6.45, 7) is 5.56. The molecule has 0 aromatic carbocycles. The second kappa shape index (κ2) is 7.63. The Hall–Kier alpha value is -0.650. The summed E-state index contributed by atoms with van der Waals surface area (Å²) in [4.78, 5) is 13.8. The summed E-state index contributed by atoms with van der Waals surface area (Å²) in [5.74, 6) is 0.527. The van der Waals surface area contributed by atoms with Crippen LogP contribution in [0.2, 0.25) is 0 Å². The van der Waals surface area contributed by atoms with E-state index in [9.17, 15) is 4.79 Å². The van der Waals surface area contributed by atoms with E-state index in [4.69, 9.17) is 10.5 Å². The first-order valence-corrected chi connectivity index (χ1v) is 6.37. The number of amides is 1. The largest absolute Gasteiger partial charge is 0.381 e. The predicted molar refractivity (Wildman–Crippen MR) is 67.7 cm³/mol. The van der Waals surface area contributed by atoms with Gasteiger partial charge in [0.15, 0.2) is 0 Å². The maximum absolute atomic E-state index is 11.8. The summed E-state index contributed by atoms with van der Waals surface area (Å²) in [6.07, 6.45) is 1.85. The van der Waals surface area contributed by atoms with E-state index in [0.717, 1.165) is 32.6 Å². The minimum Gasteiger partial charge on any atom is -0.381 e. The molecule has 0 aliphatic carbocycles. The standard InChI is InChI=1S/C12H25N3O2/c1-10(7-13)8-15(2)9-12(16)14-11-3-5-17-6-4-11/h10-11H,3-9,13H2,1-2H3,(H,14,16). The van der Waals surface area contributed by atoms with Crippen molar-refractivity contribution in [2.45, 2.75) is 25.8 Å². The fraction of sp³-hybridized carbons (Fsp3) is 0.917. The van der Waals surface area contributed by atoms with Crippen LogP contribution in [0.15, 0.2) is 0 Å². The molecule has 0 radical (unpaired) electrons. The number of nitrogens with zero attached hydrogens (tertiary/aromatic N) is 1. The fourth-order valence-electron chi connectivity index (χ4n) is 2.03. The highest BCUT2D eigenvalue weighted by Crippen LogP contribution is 2.06. The van der Waals surface area contributed by atoms with E-state index in [-0.39, 0.29) is 11.9 Å². The highest BCUT2D eigenvalue weighted by molar-refractivity contribution is 5.78. The van der Waals surface area contributed by atoms with E-state index in [1.807, 2.05) is 11.9 Å². The molecule has 0 bridgehead atoms. The Labute approximate surface area is 104 Å². The van der Waals surface area contributed by atoms with Crippen molar-refractivity contribution < 1.29 is 9.53 Å². The maximum atomic E-state index is 11.8. The molecule has 5 heteroatoms. The van der Waals surface area contributed by atoms with Crippen molar-refractivity contribution >= 4 is 5.91 Å². The van der Waals surface area contributed by atoms with Crippen LogP contribution in [-0.4, -0.2) is 56.7 Å². The number of ether oxygens (including phenoxy) is 1. The molecule has 1 unspecified atom stereocenters. The zero-order valence-corrected chi connectivity index (χ0v) is 10.9. The molecule has 1 rings (SSSR count). The summed E-state index contributed by atoms with van der Waals surface area (Å²) >= 11 is 0. The monoisotopic (exact) mass is 243 g/mol. The normalized spacial score (nSPS) is 19.3. The summed E-state index contributed by atoms with van der Waals surface area (Å²) < 4.78 is 5.25. The lowest BCUT2D eigenvalue weighted by Crippen LogP contribution is -2.44. The first-order chi connectivity index (χ1) is 8.11. The van der Waals surface area contributed by atoms with Gasteiger partial charge < -0.3 is 15.8 Å². The number of carbonyl (C=O) groups excluding carboxylic acids is 1. The Morgan fingerprint density at radius 1 is 1.53 bits per heavy atom. The van der Waals surface area contributed by atoms with Gasteiger partial charge in [-0.1, -0.05) is 6.92 Å². The third-order valence-corrected chi connectivity index (χ3v) is 3.03. The fourth-order valence-corrected chi connectivity index (χ4v) is 2.03. The van der Waals surface area contributed by atoms with Gasteiger partial charge in [-0.25, -0.2) is 0 Å². The second-order valence-electron chi connectivity index (χ2n) is 4.99. The van der Waals surface area contributed by atoms with Gasteiger partial charge in [-0.2, -0.15) is 0 Å². The van der Waals surface area contributed by atoms with Gasteiger partial charge in [0, 0.05) is 25.8 Å². The van der Waals surface area contributed by atoms with Crippen molar-refractivity contribution in [2.75, 3.05) is 39.9 Å². The minimum absolute atomic E-state index is 0.101. The van der Waals surface area contributed by atoms with Crippen molar-refractivity contribution in [3.05, 3.63) is 0 Å². The Bertz CT molecular complexity index is 230. The number of carbonyl (C=O) groups is 1. The van der Waals surface area contributed by atoms with Crippen LogP contribution >= 0.6 is 0 Å². The molecule has 5 nitrogen and oxygen atoms in total. The zero-order chi connectivity index (χ0) is 12.7. The Kier molecular flexibility index (Phi) is 6.47. The van der Waals surface area contributed by atoms with E-state index in [1.165, 1.54) is 0 Å². The molecular formula is C12H25N3O2. The van der Waals surface area contributed by atoms with Crippen molar-refractivity contribution in [1.29, 1.82) is 0 Å². The van der Waals surface area contributed by atoms with E-state index in [1.54, 1.807) is 0 Å². The molecule has 1 aliphatic rings. The Morgan fingerprint density at radius 3 is 2.76 bits per heavy atom. The van der Waals surface area contributed by atoms with Gasteiger partial charge in [-0.15, -0.1) is 0 Å². The lowest BCUT2D eigenvalue weighted by atomic mass is 10.1. The number of hydrogen-bond acceptors (Lipinski definition) is 4. The number of hydrogen-bond donors (Lipinski definition) is 2. The van der Waals surface area contributed by atoms with Gasteiger partial charge in [-0.05, 0) is 32.4 Å². The lowest BCUT2D eigenvalue weighted by Gasteiger charge is -2.25. The van der Waals surface area contributed by atoms with Gasteiger partial charge >= 0.3 is 0 Å². The highest BCUT2D eigenvalue weighted by atomic mass is 16.5. The molecule has 0 aromatic rings. The molecule has 1 heterocycles. The van der Waals surface area contributed by atoms with Crippen molar-refractivity contribution in [3.63, 3.8) is 0 Å². The zero-order valence-electron chi connectivity index (χ0n) is 10.9. The maximum Gasteiger partial charge on any atom is 0.234 e. The number of rotatable bonds is 6. The third-order valence-electron chi connectivity index (χ3n) is 3.03. The van der Waals surface area contributed by atoms with Crippen LogP contribution < -0.4 is 11.1 Å². The van der Waals surface area contributed by atoms with Crippen LogP contribution in [0.1, 0.15) is 19.8 Å². The average molecular weight is 243 g/mol. The molecule has 0 aromatic heterocycles. The van der Waals surface area contributed by atoms with Crippen molar-refractivity contribution in [3.8, 4) is 0 Å². The minimum atomic E-state index is 0.101. The van der Waals surface area contributed by atoms with E-state index in [2.05, 4.69) is 12.2 Å². The van der Waals surface area contributed by atoms with E-state index in [0.29, 0.717) is 19.0 Å². The average Bonchev–Trinajstić information content (AvgIpc) is 2.29. The smallest absolute Gasteiger partial charge is 0.234 e. The quantitative estimate of drug-likeness (QED) is 0.678. The third kappa shape index (κ3) is 6.00. The van der Waals surface area contributed by atoms with Crippen LogP contribution in [-0.2, 0) is 9.53 Å². The van der Waals surface area contributed by atoms with Crippen LogP contribution in [0.3, 0.4) is 0 Å². The van der Waals surface area contributed by atoms with E-state index >= 15 is 0 Å². The van der Waals surface area contributed by atoms with Gasteiger partial charge in [0.25, 0.3) is 0 Å². The second-order valence-corrected chi connectivity index (χ2v) is 4.99. The van der Waals surface area contributed by atoms with Crippen LogP contribution in [0, 0.1) is 5.92 Å². The van der Waals surface area contributed by atoms with Gasteiger partial charge in [0.1, 0.15) is 0 Å². The lowest BCUT2D eigenvalue weighted by molar-refractivity contribution is -0.123. The Balaban J connectivity index is 2.18. The number of nitrogens with one attached hydrogen (secondary N) is 1. The Morgan fingerprint density at radius 2 is 2.18 bits per heavy atom. The first kappa shape index (κ1) is 14.4. The molecule has 3 N–H and O–H groups in total. The van der Waals surface area contributed by atoms with Gasteiger partial charge in [-0.3, -0.25) is 9.69 Å². The summed E-state index contributed by atoms with van der Waals surface area (Å²) in [7, 11) is 1.95. The number of likely N-dealkylation sites (N-methyl/N-ethyl adjacent to an activating group) is 1. The summed E-state index contributed by atoms with van der Waals surface area (Å²) in [6, 6.07) is 0.289. The molecule has 1 fully saturated rings. The predicted octanol–water partition coefficient (Wildman–Crippen LogP) is -0.192. The topological polar surface area (TPSA) is 67.6 Å². The van der Waals surface area contributed by atoms with Gasteiger partial charge in [0.05, 0.1) is 6.54 Å². The summed E-state index contributed by atoms with van der Waals surface area (Å²) in [5.41, 5.74) is 5.56. The molecule has 17 heavy (non-hydrogen) atoms. The molecule has 1 saturated heterocycles. The molecule has 0 spiro atoms. The van der Waals surface area contributed by atoms with Crippen molar-refractivity contribution in [2.24, 2.45) is 11.7 Å². The summed E-state index contributed by atoms with van der Waals surface area (Å²) in [5, 5.41) is 3.05.